The monoisotopic (exact) mass is 535 g/mol. The molecule has 0 spiro atoms. The Morgan fingerprint density at radius 2 is 1.56 bits per heavy atom. The Hall–Kier alpha value is -3.59. The third-order valence-corrected chi connectivity index (χ3v) is 7.10. The van der Waals surface area contributed by atoms with Gasteiger partial charge in [-0.15, -0.1) is 0 Å². The van der Waals surface area contributed by atoms with E-state index in [0.29, 0.717) is 56.9 Å². The maximum absolute atomic E-state index is 13.2. The molecule has 2 N–H and O–H groups in total. The van der Waals surface area contributed by atoms with Crippen molar-refractivity contribution in [2.75, 3.05) is 69.7 Å². The zero-order chi connectivity index (χ0) is 28.0. The summed E-state index contributed by atoms with van der Waals surface area (Å²) >= 11 is 0. The van der Waals surface area contributed by atoms with E-state index < -0.39 is 0 Å². The van der Waals surface area contributed by atoms with E-state index in [1.165, 1.54) is 0 Å². The SMILES string of the molecule is COc1ccc(CC(=O)Nc2cc(C(=O)N3CCNCC3)ccc2N2CCN(C(=O)CC(C)(C)C)CC2)cc1. The van der Waals surface area contributed by atoms with E-state index in [4.69, 9.17) is 4.74 Å². The molecule has 9 heteroatoms. The van der Waals surface area contributed by atoms with Crippen molar-refractivity contribution in [3.63, 3.8) is 0 Å². The number of benzene rings is 2. The molecule has 39 heavy (non-hydrogen) atoms. The molecule has 2 aliphatic rings. The summed E-state index contributed by atoms with van der Waals surface area (Å²) in [6.07, 6.45) is 0.719. The van der Waals surface area contributed by atoms with Crippen LogP contribution in [0.2, 0.25) is 0 Å². The van der Waals surface area contributed by atoms with Crippen molar-refractivity contribution in [3.8, 4) is 5.75 Å². The maximum atomic E-state index is 13.2. The molecule has 2 aliphatic heterocycles. The van der Waals surface area contributed by atoms with Crippen molar-refractivity contribution in [2.24, 2.45) is 5.41 Å². The number of nitrogens with one attached hydrogen (secondary N) is 2. The minimum atomic E-state index is -0.160. The largest absolute Gasteiger partial charge is 0.497 e. The zero-order valence-electron chi connectivity index (χ0n) is 23.6. The fourth-order valence-electron chi connectivity index (χ4n) is 4.98. The molecule has 2 aromatic carbocycles. The van der Waals surface area contributed by atoms with Gasteiger partial charge in [-0.2, -0.15) is 0 Å². The van der Waals surface area contributed by atoms with E-state index >= 15 is 0 Å². The Labute approximate surface area is 231 Å². The zero-order valence-corrected chi connectivity index (χ0v) is 23.6. The first-order chi connectivity index (χ1) is 18.6. The van der Waals surface area contributed by atoms with Crippen molar-refractivity contribution in [3.05, 3.63) is 53.6 Å². The Bertz CT molecular complexity index is 1160. The molecule has 2 aromatic rings. The predicted molar refractivity (Wildman–Crippen MR) is 153 cm³/mol. The molecule has 0 aromatic heterocycles. The minimum Gasteiger partial charge on any atom is -0.497 e. The first-order valence-corrected chi connectivity index (χ1v) is 13.7. The first kappa shape index (κ1) is 28.4. The van der Waals surface area contributed by atoms with Crippen LogP contribution in [0.25, 0.3) is 0 Å². The highest BCUT2D eigenvalue weighted by Gasteiger charge is 2.27. The summed E-state index contributed by atoms with van der Waals surface area (Å²) < 4.78 is 5.21. The number of ether oxygens (including phenoxy) is 1. The van der Waals surface area contributed by atoms with Crippen LogP contribution < -0.4 is 20.3 Å². The molecule has 0 bridgehead atoms. The number of carbonyl (C=O) groups is 3. The molecule has 0 saturated carbocycles. The summed E-state index contributed by atoms with van der Waals surface area (Å²) in [5.41, 5.74) is 2.84. The van der Waals surface area contributed by atoms with Gasteiger partial charge in [-0.05, 0) is 41.3 Å². The van der Waals surface area contributed by atoms with E-state index in [1.807, 2.05) is 46.2 Å². The normalized spacial score (nSPS) is 16.2. The van der Waals surface area contributed by atoms with Crippen LogP contribution in [-0.4, -0.2) is 87.0 Å². The highest BCUT2D eigenvalue weighted by Crippen LogP contribution is 2.30. The van der Waals surface area contributed by atoms with Crippen LogP contribution in [0.15, 0.2) is 42.5 Å². The Morgan fingerprint density at radius 1 is 0.897 bits per heavy atom. The number of piperazine rings is 2. The standard InChI is InChI=1S/C30H41N5O4/c1-30(2,3)21-28(37)34-17-15-33(16-18-34)26-10-7-23(29(38)35-13-11-31-12-14-35)20-25(26)32-27(36)19-22-5-8-24(39-4)9-6-22/h5-10,20,31H,11-19,21H2,1-4H3,(H,32,36). The van der Waals surface area contributed by atoms with Gasteiger partial charge >= 0.3 is 0 Å². The van der Waals surface area contributed by atoms with Gasteiger partial charge in [-0.3, -0.25) is 14.4 Å². The molecule has 9 nitrogen and oxygen atoms in total. The maximum Gasteiger partial charge on any atom is 0.254 e. The highest BCUT2D eigenvalue weighted by molar-refractivity contribution is 6.00. The topological polar surface area (TPSA) is 94.2 Å². The summed E-state index contributed by atoms with van der Waals surface area (Å²) in [4.78, 5) is 45.0. The lowest BCUT2D eigenvalue weighted by atomic mass is 9.91. The van der Waals surface area contributed by atoms with E-state index in [0.717, 1.165) is 30.1 Å². The van der Waals surface area contributed by atoms with Crippen LogP contribution in [0.3, 0.4) is 0 Å². The summed E-state index contributed by atoms with van der Waals surface area (Å²) in [6.45, 7) is 11.6. The lowest BCUT2D eigenvalue weighted by molar-refractivity contribution is -0.133. The number of amides is 3. The molecule has 2 heterocycles. The summed E-state index contributed by atoms with van der Waals surface area (Å²) in [7, 11) is 1.61. The number of hydrogen-bond donors (Lipinski definition) is 2. The van der Waals surface area contributed by atoms with Crippen LogP contribution in [0.5, 0.6) is 5.75 Å². The van der Waals surface area contributed by atoms with Crippen LogP contribution in [0.4, 0.5) is 11.4 Å². The van der Waals surface area contributed by atoms with Crippen molar-refractivity contribution in [1.82, 2.24) is 15.1 Å². The Balaban J connectivity index is 1.51. The number of methoxy groups -OCH3 is 1. The summed E-state index contributed by atoms with van der Waals surface area (Å²) in [5, 5.41) is 6.34. The van der Waals surface area contributed by atoms with Gasteiger partial charge in [0.05, 0.1) is 24.9 Å². The van der Waals surface area contributed by atoms with Crippen LogP contribution in [0, 0.1) is 5.41 Å². The molecule has 4 rings (SSSR count). The van der Waals surface area contributed by atoms with Gasteiger partial charge in [0.25, 0.3) is 5.91 Å². The second-order valence-corrected chi connectivity index (χ2v) is 11.5. The van der Waals surface area contributed by atoms with Crippen molar-refractivity contribution in [1.29, 1.82) is 0 Å². The van der Waals surface area contributed by atoms with E-state index in [9.17, 15) is 14.4 Å². The molecule has 0 radical (unpaired) electrons. The second kappa shape index (κ2) is 12.5. The second-order valence-electron chi connectivity index (χ2n) is 11.5. The molecule has 3 amide bonds. The minimum absolute atomic E-state index is 0.0358. The predicted octanol–water partition coefficient (Wildman–Crippen LogP) is 3.01. The van der Waals surface area contributed by atoms with Gasteiger partial charge in [0.2, 0.25) is 11.8 Å². The number of nitrogens with zero attached hydrogens (tertiary/aromatic N) is 3. The van der Waals surface area contributed by atoms with E-state index in [1.54, 1.807) is 13.2 Å². The van der Waals surface area contributed by atoms with Crippen molar-refractivity contribution in [2.45, 2.75) is 33.6 Å². The van der Waals surface area contributed by atoms with Gasteiger partial charge in [0.15, 0.2) is 0 Å². The smallest absolute Gasteiger partial charge is 0.254 e. The molecule has 0 aliphatic carbocycles. The van der Waals surface area contributed by atoms with Crippen LogP contribution >= 0.6 is 0 Å². The summed E-state index contributed by atoms with van der Waals surface area (Å²) in [5.74, 6) is 0.714. The van der Waals surface area contributed by atoms with E-state index in [-0.39, 0.29) is 29.6 Å². The van der Waals surface area contributed by atoms with Gasteiger partial charge in [-0.25, -0.2) is 0 Å². The van der Waals surface area contributed by atoms with Gasteiger partial charge in [0.1, 0.15) is 5.75 Å². The van der Waals surface area contributed by atoms with Crippen molar-refractivity contribution < 1.29 is 19.1 Å². The van der Waals surface area contributed by atoms with Gasteiger partial charge in [-0.1, -0.05) is 32.9 Å². The number of rotatable bonds is 7. The number of anilines is 2. The first-order valence-electron chi connectivity index (χ1n) is 13.7. The average Bonchev–Trinajstić information content (AvgIpc) is 2.92. The molecule has 0 unspecified atom stereocenters. The van der Waals surface area contributed by atoms with Crippen LogP contribution in [0.1, 0.15) is 43.1 Å². The third-order valence-electron chi connectivity index (χ3n) is 7.10. The van der Waals surface area contributed by atoms with Gasteiger partial charge < -0.3 is 30.1 Å². The fourth-order valence-corrected chi connectivity index (χ4v) is 4.98. The van der Waals surface area contributed by atoms with E-state index in [2.05, 4.69) is 36.3 Å². The van der Waals surface area contributed by atoms with Gasteiger partial charge in [0, 0.05) is 64.3 Å². The molecule has 210 valence electrons. The lowest BCUT2D eigenvalue weighted by Gasteiger charge is -2.38. The lowest BCUT2D eigenvalue weighted by Crippen LogP contribution is -2.49. The molecule has 2 saturated heterocycles. The Morgan fingerprint density at radius 3 is 2.18 bits per heavy atom. The quantitative estimate of drug-likeness (QED) is 0.566. The van der Waals surface area contributed by atoms with Crippen molar-refractivity contribution >= 4 is 29.1 Å². The fraction of sp³-hybridized carbons (Fsp3) is 0.500. The number of carbonyl (C=O) groups excluding carboxylic acids is 3. The third kappa shape index (κ3) is 7.72. The van der Waals surface area contributed by atoms with Crippen LogP contribution in [-0.2, 0) is 16.0 Å². The number of hydrogen-bond acceptors (Lipinski definition) is 6. The molecule has 2 fully saturated rings. The highest BCUT2D eigenvalue weighted by atomic mass is 16.5. The molecular formula is C30H41N5O4. The molecular weight excluding hydrogens is 494 g/mol. The Kier molecular flexibility index (Phi) is 9.12. The summed E-state index contributed by atoms with van der Waals surface area (Å²) in [6, 6.07) is 13.0. The molecule has 0 atom stereocenters. The average molecular weight is 536 g/mol.